The molecule has 1 amide bonds. The lowest BCUT2D eigenvalue weighted by Crippen LogP contribution is -2.36. The molecule has 1 aliphatic heterocycles. The van der Waals surface area contributed by atoms with Crippen LogP contribution in [0.3, 0.4) is 0 Å². The molecular formula is C23H34ClNO5. The predicted molar refractivity (Wildman–Crippen MR) is 116 cm³/mol. The highest BCUT2D eigenvalue weighted by molar-refractivity contribution is 6.32. The van der Waals surface area contributed by atoms with E-state index < -0.39 is 11.2 Å². The molecule has 3 rings (SSSR count). The van der Waals surface area contributed by atoms with Crippen molar-refractivity contribution in [3.8, 4) is 5.75 Å². The molecule has 1 saturated heterocycles. The van der Waals surface area contributed by atoms with Gasteiger partial charge < -0.3 is 24.2 Å². The van der Waals surface area contributed by atoms with Crippen molar-refractivity contribution < 1.29 is 24.1 Å². The molecule has 0 spiro atoms. The van der Waals surface area contributed by atoms with Gasteiger partial charge in [0, 0.05) is 18.7 Å². The van der Waals surface area contributed by atoms with Gasteiger partial charge in [-0.3, -0.25) is 0 Å². The number of hydrogen-bond acceptors (Lipinski definition) is 5. The summed E-state index contributed by atoms with van der Waals surface area (Å²) in [6, 6.07) is 5.61. The predicted octanol–water partition coefficient (Wildman–Crippen LogP) is 4.65. The van der Waals surface area contributed by atoms with Crippen LogP contribution in [0.25, 0.3) is 0 Å². The average molecular weight is 440 g/mol. The van der Waals surface area contributed by atoms with E-state index in [4.69, 9.17) is 25.8 Å². The number of ether oxygens (including phenoxy) is 3. The number of amides is 1. The minimum Gasteiger partial charge on any atom is -0.489 e. The summed E-state index contributed by atoms with van der Waals surface area (Å²) in [5, 5.41) is 10.4. The van der Waals surface area contributed by atoms with Crippen LogP contribution in [0.5, 0.6) is 5.75 Å². The molecule has 1 saturated carbocycles. The van der Waals surface area contributed by atoms with Crippen molar-refractivity contribution in [2.75, 3.05) is 19.7 Å². The molecule has 168 valence electrons. The summed E-state index contributed by atoms with van der Waals surface area (Å²) in [7, 11) is 0. The minimum atomic E-state index is -0.926. The Labute approximate surface area is 184 Å². The van der Waals surface area contributed by atoms with Crippen LogP contribution in [0.4, 0.5) is 4.79 Å². The van der Waals surface area contributed by atoms with E-state index in [1.165, 1.54) is 0 Å². The zero-order valence-corrected chi connectivity index (χ0v) is 19.4. The number of carbonyl (C=O) groups is 1. The van der Waals surface area contributed by atoms with Gasteiger partial charge in [0.15, 0.2) is 0 Å². The fraction of sp³-hybridized carbons (Fsp3) is 0.696. The molecule has 1 N–H and O–H groups in total. The highest BCUT2D eigenvalue weighted by Gasteiger charge is 2.43. The number of carbonyl (C=O) groups excluding carboxylic acids is 1. The van der Waals surface area contributed by atoms with Gasteiger partial charge in [-0.25, -0.2) is 4.79 Å². The molecule has 1 aliphatic carbocycles. The van der Waals surface area contributed by atoms with Gasteiger partial charge in [0.25, 0.3) is 0 Å². The maximum absolute atomic E-state index is 12.3. The average Bonchev–Trinajstić information content (AvgIpc) is 3.16. The first-order valence-corrected chi connectivity index (χ1v) is 11.0. The zero-order valence-electron chi connectivity index (χ0n) is 18.6. The lowest BCUT2D eigenvalue weighted by Gasteiger charge is -2.25. The first-order chi connectivity index (χ1) is 13.9. The number of likely N-dealkylation sites (tertiary alicyclic amines) is 1. The third kappa shape index (κ3) is 6.25. The third-order valence-corrected chi connectivity index (χ3v) is 5.89. The summed E-state index contributed by atoms with van der Waals surface area (Å²) in [5.41, 5.74) is -0.521. The molecule has 3 atom stereocenters. The zero-order chi connectivity index (χ0) is 22.1. The van der Waals surface area contributed by atoms with Crippen LogP contribution < -0.4 is 4.74 Å². The van der Waals surface area contributed by atoms with E-state index in [1.54, 1.807) is 19.9 Å². The molecule has 2 fully saturated rings. The fourth-order valence-electron chi connectivity index (χ4n) is 4.10. The Hall–Kier alpha value is -1.50. The Morgan fingerprint density at radius 3 is 2.37 bits per heavy atom. The molecule has 30 heavy (non-hydrogen) atoms. The molecule has 1 aromatic rings. The fourth-order valence-corrected chi connectivity index (χ4v) is 4.33. The smallest absolute Gasteiger partial charge is 0.410 e. The Kier molecular flexibility index (Phi) is 6.90. The van der Waals surface area contributed by atoms with Crippen LogP contribution in [-0.2, 0) is 16.1 Å². The second kappa shape index (κ2) is 8.93. The number of nitrogens with zero attached hydrogens (tertiary/aromatic N) is 1. The standard InChI is InChI=1S/C23H34ClNO5/c1-22(2,3)30-21(26)25-11-16-9-18(10-17(16)12-25)28-13-15-7-6-8-19(20(15)24)29-14-23(4,5)27/h6-8,16-18,27H,9-14H2,1-5H3/t16-,17+,18+. The summed E-state index contributed by atoms with van der Waals surface area (Å²) >= 11 is 6.48. The van der Waals surface area contributed by atoms with Crippen LogP contribution in [0, 0.1) is 11.8 Å². The summed E-state index contributed by atoms with van der Waals surface area (Å²) in [4.78, 5) is 14.1. The summed E-state index contributed by atoms with van der Waals surface area (Å²) in [6.07, 6.45) is 1.83. The number of fused-ring (bicyclic) bond motifs is 1. The number of halogens is 1. The molecule has 6 nitrogen and oxygen atoms in total. The van der Waals surface area contributed by atoms with Crippen molar-refractivity contribution in [3.63, 3.8) is 0 Å². The van der Waals surface area contributed by atoms with Gasteiger partial charge in [-0.05, 0) is 65.4 Å². The van der Waals surface area contributed by atoms with E-state index in [-0.39, 0.29) is 18.8 Å². The molecular weight excluding hydrogens is 406 g/mol. The van der Waals surface area contributed by atoms with E-state index in [1.807, 2.05) is 37.8 Å². The number of hydrogen-bond donors (Lipinski definition) is 1. The lowest BCUT2D eigenvalue weighted by molar-refractivity contribution is 0.0201. The van der Waals surface area contributed by atoms with E-state index in [2.05, 4.69) is 0 Å². The maximum Gasteiger partial charge on any atom is 0.410 e. The van der Waals surface area contributed by atoms with Crippen LogP contribution in [0.15, 0.2) is 18.2 Å². The quantitative estimate of drug-likeness (QED) is 0.698. The molecule has 0 bridgehead atoms. The Morgan fingerprint density at radius 1 is 1.17 bits per heavy atom. The summed E-state index contributed by atoms with van der Waals surface area (Å²) in [5.74, 6) is 1.47. The molecule has 0 radical (unpaired) electrons. The van der Waals surface area contributed by atoms with Gasteiger partial charge in [-0.2, -0.15) is 0 Å². The van der Waals surface area contributed by atoms with Crippen LogP contribution in [0.2, 0.25) is 5.02 Å². The van der Waals surface area contributed by atoms with Crippen molar-refractivity contribution in [1.82, 2.24) is 4.90 Å². The molecule has 0 aromatic heterocycles. The van der Waals surface area contributed by atoms with Crippen molar-refractivity contribution in [2.45, 2.75) is 71.4 Å². The SMILES string of the molecule is CC(C)(O)COc1cccc(CO[C@H]2C[C@@H]3CN(C(=O)OC(C)(C)C)C[C@@H]3C2)c1Cl. The largest absolute Gasteiger partial charge is 0.489 e. The van der Waals surface area contributed by atoms with E-state index in [0.29, 0.717) is 29.2 Å². The van der Waals surface area contributed by atoms with Crippen LogP contribution in [-0.4, -0.2) is 53.1 Å². The summed E-state index contributed by atoms with van der Waals surface area (Å²) in [6.45, 7) is 11.1. The molecule has 2 aliphatic rings. The lowest BCUT2D eigenvalue weighted by atomic mass is 10.0. The monoisotopic (exact) mass is 439 g/mol. The van der Waals surface area contributed by atoms with Gasteiger partial charge in [0.05, 0.1) is 23.3 Å². The third-order valence-electron chi connectivity index (χ3n) is 5.46. The topological polar surface area (TPSA) is 68.2 Å². The van der Waals surface area contributed by atoms with Gasteiger partial charge in [0.1, 0.15) is 18.0 Å². The summed E-state index contributed by atoms with van der Waals surface area (Å²) < 4.78 is 17.3. The van der Waals surface area contributed by atoms with Gasteiger partial charge in [-0.1, -0.05) is 23.7 Å². The molecule has 0 unspecified atom stereocenters. The molecule has 7 heteroatoms. The van der Waals surface area contributed by atoms with Gasteiger partial charge >= 0.3 is 6.09 Å². The van der Waals surface area contributed by atoms with Gasteiger partial charge in [-0.15, -0.1) is 0 Å². The normalized spacial score (nSPS) is 24.1. The van der Waals surface area contributed by atoms with Crippen molar-refractivity contribution in [3.05, 3.63) is 28.8 Å². The second-order valence-electron chi connectivity index (χ2n) is 10.1. The van der Waals surface area contributed by atoms with Crippen molar-refractivity contribution in [1.29, 1.82) is 0 Å². The van der Waals surface area contributed by atoms with Crippen LogP contribution >= 0.6 is 11.6 Å². The minimum absolute atomic E-state index is 0.164. The van der Waals surface area contributed by atoms with Crippen molar-refractivity contribution >= 4 is 17.7 Å². The first-order valence-electron chi connectivity index (χ1n) is 10.6. The number of rotatable bonds is 6. The van der Waals surface area contributed by atoms with Gasteiger partial charge in [0.2, 0.25) is 0 Å². The Balaban J connectivity index is 1.49. The molecule has 1 aromatic carbocycles. The van der Waals surface area contributed by atoms with E-state index in [9.17, 15) is 9.90 Å². The van der Waals surface area contributed by atoms with E-state index >= 15 is 0 Å². The van der Waals surface area contributed by atoms with Crippen LogP contribution in [0.1, 0.15) is 53.0 Å². The number of benzene rings is 1. The highest BCUT2D eigenvalue weighted by atomic mass is 35.5. The Bertz CT molecular complexity index is 741. The number of aliphatic hydroxyl groups is 1. The van der Waals surface area contributed by atoms with E-state index in [0.717, 1.165) is 31.5 Å². The Morgan fingerprint density at radius 2 is 1.80 bits per heavy atom. The first kappa shape index (κ1) is 23.2. The highest BCUT2D eigenvalue weighted by Crippen LogP contribution is 2.40. The maximum atomic E-state index is 12.3. The molecule has 1 heterocycles. The second-order valence-corrected chi connectivity index (χ2v) is 10.5. The van der Waals surface area contributed by atoms with Crippen molar-refractivity contribution in [2.24, 2.45) is 11.8 Å².